The van der Waals surface area contributed by atoms with Gasteiger partial charge in [-0.05, 0) is 24.6 Å². The van der Waals surface area contributed by atoms with E-state index in [1.807, 2.05) is 24.3 Å². The minimum atomic E-state index is -0.442. The Kier molecular flexibility index (Phi) is 7.10. The van der Waals surface area contributed by atoms with Crippen LogP contribution in [0, 0.1) is 0 Å². The number of anilines is 1. The molecule has 5 nitrogen and oxygen atoms in total. The molecule has 0 aliphatic rings. The highest BCUT2D eigenvalue weighted by atomic mass is 16.5. The fourth-order valence-corrected chi connectivity index (χ4v) is 1.75. The molecule has 5 heteroatoms. The maximum absolute atomic E-state index is 11.1. The average Bonchev–Trinajstić information content (AvgIpc) is 2.36. The maximum atomic E-state index is 11.1. The number of hydrogen-bond donors (Lipinski definition) is 3. The Morgan fingerprint density at radius 3 is 2.84 bits per heavy atom. The lowest BCUT2D eigenvalue weighted by Gasteiger charge is -2.12. The second-order valence-electron chi connectivity index (χ2n) is 4.41. The van der Waals surface area contributed by atoms with E-state index in [4.69, 9.17) is 4.74 Å². The van der Waals surface area contributed by atoms with Crippen molar-refractivity contribution in [1.82, 2.24) is 5.32 Å². The van der Waals surface area contributed by atoms with Crippen LogP contribution in [0.5, 0.6) is 0 Å². The summed E-state index contributed by atoms with van der Waals surface area (Å²) in [5, 5.41) is 15.5. The highest BCUT2D eigenvalue weighted by molar-refractivity contribution is 5.89. The molecule has 0 radical (unpaired) electrons. The molecule has 1 rings (SSSR count). The number of amides is 1. The number of carbonyl (C=O) groups is 1. The van der Waals surface area contributed by atoms with Gasteiger partial charge < -0.3 is 20.5 Å². The van der Waals surface area contributed by atoms with Gasteiger partial charge in [0.15, 0.2) is 0 Å². The number of rotatable bonds is 8. The number of para-hydroxylation sites is 1. The summed E-state index contributed by atoms with van der Waals surface area (Å²) in [6.07, 6.45) is 0.193. The first-order valence-electron chi connectivity index (χ1n) is 6.36. The van der Waals surface area contributed by atoms with Gasteiger partial charge in [0.1, 0.15) is 0 Å². The van der Waals surface area contributed by atoms with Crippen molar-refractivity contribution in [2.75, 3.05) is 25.6 Å². The van der Waals surface area contributed by atoms with Crippen LogP contribution in [0.4, 0.5) is 5.69 Å². The zero-order chi connectivity index (χ0) is 14.1. The zero-order valence-electron chi connectivity index (χ0n) is 11.5. The minimum absolute atomic E-state index is 0.0806. The molecule has 106 valence electrons. The van der Waals surface area contributed by atoms with Crippen molar-refractivity contribution >= 4 is 11.6 Å². The molecule has 1 aromatic carbocycles. The lowest BCUT2D eigenvalue weighted by Crippen LogP contribution is -2.23. The van der Waals surface area contributed by atoms with Crippen molar-refractivity contribution < 1.29 is 14.6 Å². The lowest BCUT2D eigenvalue weighted by atomic mass is 10.1. The van der Waals surface area contributed by atoms with E-state index < -0.39 is 6.10 Å². The molecule has 0 spiro atoms. The first-order valence-corrected chi connectivity index (χ1v) is 6.36. The van der Waals surface area contributed by atoms with Gasteiger partial charge in [0, 0.05) is 26.3 Å². The summed E-state index contributed by atoms with van der Waals surface area (Å²) in [6.45, 7) is 3.19. The number of nitrogens with one attached hydrogen (secondary N) is 2. The number of ether oxygens (including phenoxy) is 1. The number of carbonyl (C=O) groups excluding carboxylic acids is 1. The van der Waals surface area contributed by atoms with Crippen LogP contribution in [-0.2, 0) is 16.1 Å². The van der Waals surface area contributed by atoms with Crippen LogP contribution < -0.4 is 10.6 Å². The van der Waals surface area contributed by atoms with Gasteiger partial charge >= 0.3 is 0 Å². The Morgan fingerprint density at radius 2 is 2.16 bits per heavy atom. The van der Waals surface area contributed by atoms with Gasteiger partial charge in [-0.2, -0.15) is 0 Å². The van der Waals surface area contributed by atoms with E-state index in [-0.39, 0.29) is 5.91 Å². The molecule has 19 heavy (non-hydrogen) atoms. The van der Waals surface area contributed by atoms with Crippen molar-refractivity contribution in [3.05, 3.63) is 29.8 Å². The molecule has 1 amide bonds. The molecule has 0 aliphatic carbocycles. The predicted molar refractivity (Wildman–Crippen MR) is 75.0 cm³/mol. The van der Waals surface area contributed by atoms with Crippen LogP contribution in [0.2, 0.25) is 0 Å². The normalized spacial score (nSPS) is 12.2. The van der Waals surface area contributed by atoms with Gasteiger partial charge in [-0.15, -0.1) is 0 Å². The average molecular weight is 266 g/mol. The molecule has 1 aromatic rings. The maximum Gasteiger partial charge on any atom is 0.221 e. The van der Waals surface area contributed by atoms with Crippen LogP contribution in [0.15, 0.2) is 24.3 Å². The van der Waals surface area contributed by atoms with Crippen molar-refractivity contribution in [3.8, 4) is 0 Å². The topological polar surface area (TPSA) is 70.6 Å². The van der Waals surface area contributed by atoms with Gasteiger partial charge in [0.25, 0.3) is 0 Å². The molecule has 1 atom stereocenters. The SMILES string of the molecule is COCC(O)CCNCc1ccccc1NC(C)=O. The monoisotopic (exact) mass is 266 g/mol. The Morgan fingerprint density at radius 1 is 1.42 bits per heavy atom. The van der Waals surface area contributed by atoms with Crippen molar-refractivity contribution in [1.29, 1.82) is 0 Å². The van der Waals surface area contributed by atoms with Crippen LogP contribution in [0.1, 0.15) is 18.9 Å². The van der Waals surface area contributed by atoms with Gasteiger partial charge in [-0.3, -0.25) is 4.79 Å². The molecule has 1 unspecified atom stereocenters. The third kappa shape index (κ3) is 6.33. The zero-order valence-corrected chi connectivity index (χ0v) is 11.5. The second-order valence-corrected chi connectivity index (χ2v) is 4.41. The van der Waals surface area contributed by atoms with E-state index in [1.54, 1.807) is 7.11 Å². The molecule has 3 N–H and O–H groups in total. The molecule has 0 saturated heterocycles. The largest absolute Gasteiger partial charge is 0.391 e. The van der Waals surface area contributed by atoms with Crippen LogP contribution in [0.25, 0.3) is 0 Å². The first kappa shape index (κ1) is 15.6. The molecular formula is C14H22N2O3. The summed E-state index contributed by atoms with van der Waals surface area (Å²) < 4.78 is 4.86. The number of benzene rings is 1. The minimum Gasteiger partial charge on any atom is -0.391 e. The van der Waals surface area contributed by atoms with Gasteiger partial charge in [-0.1, -0.05) is 18.2 Å². The van der Waals surface area contributed by atoms with Crippen LogP contribution >= 0.6 is 0 Å². The summed E-state index contributed by atoms with van der Waals surface area (Å²) >= 11 is 0. The number of methoxy groups -OCH3 is 1. The van der Waals surface area contributed by atoms with Crippen LogP contribution in [0.3, 0.4) is 0 Å². The standard InChI is InChI=1S/C14H22N2O3/c1-11(17)16-14-6-4-3-5-12(14)9-15-8-7-13(18)10-19-2/h3-6,13,15,18H,7-10H2,1-2H3,(H,16,17). The summed E-state index contributed by atoms with van der Waals surface area (Å²) in [7, 11) is 1.57. The Hall–Kier alpha value is -1.43. The molecule has 0 heterocycles. The van der Waals surface area contributed by atoms with Crippen molar-refractivity contribution in [3.63, 3.8) is 0 Å². The number of hydrogen-bond acceptors (Lipinski definition) is 4. The Balaban J connectivity index is 2.38. The van der Waals surface area contributed by atoms with Gasteiger partial charge in [-0.25, -0.2) is 0 Å². The third-order valence-corrected chi connectivity index (χ3v) is 2.66. The summed E-state index contributed by atoms with van der Waals surface area (Å²) in [5.74, 6) is -0.0806. The highest BCUT2D eigenvalue weighted by Gasteiger charge is 2.05. The quantitative estimate of drug-likeness (QED) is 0.617. The van der Waals surface area contributed by atoms with Crippen LogP contribution in [-0.4, -0.2) is 37.4 Å². The highest BCUT2D eigenvalue weighted by Crippen LogP contribution is 2.14. The third-order valence-electron chi connectivity index (χ3n) is 2.66. The smallest absolute Gasteiger partial charge is 0.221 e. The van der Waals surface area contributed by atoms with Crippen molar-refractivity contribution in [2.45, 2.75) is 26.0 Å². The number of aliphatic hydroxyl groups excluding tert-OH is 1. The molecule has 0 fully saturated rings. The van der Waals surface area contributed by atoms with E-state index in [0.717, 1.165) is 11.3 Å². The fraction of sp³-hybridized carbons (Fsp3) is 0.500. The lowest BCUT2D eigenvalue weighted by molar-refractivity contribution is -0.114. The number of aliphatic hydroxyl groups is 1. The van der Waals surface area contributed by atoms with E-state index in [2.05, 4.69) is 10.6 Å². The molecular weight excluding hydrogens is 244 g/mol. The summed E-state index contributed by atoms with van der Waals surface area (Å²) in [6, 6.07) is 7.65. The predicted octanol–water partition coefficient (Wildman–Crippen LogP) is 1.13. The fourth-order valence-electron chi connectivity index (χ4n) is 1.75. The Bertz CT molecular complexity index is 396. The van der Waals surface area contributed by atoms with E-state index in [1.165, 1.54) is 6.92 Å². The van der Waals surface area contributed by atoms with Crippen molar-refractivity contribution in [2.24, 2.45) is 0 Å². The molecule has 0 saturated carbocycles. The van der Waals surface area contributed by atoms with E-state index in [0.29, 0.717) is 26.1 Å². The molecule has 0 aromatic heterocycles. The second kappa shape index (κ2) is 8.63. The molecule has 0 bridgehead atoms. The Labute approximate surface area is 114 Å². The van der Waals surface area contributed by atoms with Gasteiger partial charge in [0.2, 0.25) is 5.91 Å². The van der Waals surface area contributed by atoms with Gasteiger partial charge in [0.05, 0.1) is 12.7 Å². The van der Waals surface area contributed by atoms with E-state index >= 15 is 0 Å². The summed E-state index contributed by atoms with van der Waals surface area (Å²) in [5.41, 5.74) is 1.85. The summed E-state index contributed by atoms with van der Waals surface area (Å²) in [4.78, 5) is 11.1. The first-order chi connectivity index (χ1) is 9.13. The molecule has 0 aliphatic heterocycles. The van der Waals surface area contributed by atoms with E-state index in [9.17, 15) is 9.90 Å².